The van der Waals surface area contributed by atoms with E-state index in [0.29, 0.717) is 17.8 Å². The molecule has 4 atom stereocenters. The average Bonchev–Trinajstić information content (AvgIpc) is 2.28. The van der Waals surface area contributed by atoms with Crippen LogP contribution in [0.15, 0.2) is 0 Å². The largest absolute Gasteiger partial charge is 0 e. The Bertz CT molecular complexity index is 450. The van der Waals surface area contributed by atoms with Gasteiger partial charge in [-0.2, -0.15) is 0 Å². The molecule has 0 radical (unpaired) electrons. The Labute approximate surface area is 466 Å². The normalized spacial score (nSPS) is 22.8. The van der Waals surface area contributed by atoms with Crippen LogP contribution in [0, 0.1) is 34.5 Å². The summed E-state index contributed by atoms with van der Waals surface area (Å²) in [6, 6.07) is 0. The fraction of sp³-hybridized carbons (Fsp3) is 0.812. The molecule has 35 heavy (non-hydrogen) atoms. The van der Waals surface area contributed by atoms with Gasteiger partial charge in [0, 0.05) is 337 Å². The maximum Gasteiger partial charge on any atom is 0 e. The number of hydrogen-bond donors (Lipinski definition) is 1. The molecule has 0 saturated heterocycles. The summed E-state index contributed by atoms with van der Waals surface area (Å²) >= 11 is 3.22. The van der Waals surface area contributed by atoms with Gasteiger partial charge >= 0.3 is 140 Å². The van der Waals surface area contributed by atoms with Crippen LogP contribution in [0.25, 0.3) is 0 Å². The number of fused-ring (bicyclic) bond motifs is 1. The molecule has 2 rings (SSSR count). The van der Waals surface area contributed by atoms with E-state index in [0.717, 1.165) is 6.42 Å². The SMILES string of the molecule is C[C-]1[C](=[W])[C](=[W])C2C(C)C(C)(C)C[C@@H](O)C2C1(C)C.[W].[W].[W].[W].[W].[W].[W].[W].[W].[W].[W].[W].[W].[W].[W].[W]. The zero-order chi connectivity index (χ0) is 14.7. The van der Waals surface area contributed by atoms with E-state index < -0.39 is 0 Å². The minimum atomic E-state index is -0.154. The smallest absolute Gasteiger partial charge is 0 e. The molecule has 2 fully saturated rings. The summed E-state index contributed by atoms with van der Waals surface area (Å²) in [6.45, 7) is 14.1. The Balaban J connectivity index is -0.0000000192. The third kappa shape index (κ3) is 25.7. The summed E-state index contributed by atoms with van der Waals surface area (Å²) in [4.78, 5) is 0. The van der Waals surface area contributed by atoms with Crippen LogP contribution in [0.4, 0.5) is 0 Å². The molecule has 0 aromatic heterocycles. The van der Waals surface area contributed by atoms with E-state index in [2.05, 4.69) is 41.5 Å². The zero-order valence-corrected chi connectivity index (χ0v) is 72.1. The third-order valence-electron chi connectivity index (χ3n) is 5.97. The van der Waals surface area contributed by atoms with Crippen LogP contribution < -0.4 is 0 Å². The minimum absolute atomic E-state index is 0. The number of aliphatic hydroxyl groups excluding tert-OH is 1. The Hall–Kier alpha value is 12.1. The quantitative estimate of drug-likeness (QED) is 0.371. The van der Waals surface area contributed by atoms with Crippen molar-refractivity contribution in [3.8, 4) is 0 Å². The van der Waals surface area contributed by atoms with E-state index in [-0.39, 0.29) is 354 Å². The summed E-state index contributed by atoms with van der Waals surface area (Å²) in [5.41, 5.74) is 0.392. The molecule has 204 valence electrons. The van der Waals surface area contributed by atoms with E-state index >= 15 is 0 Å². The van der Waals surface area contributed by atoms with Gasteiger partial charge in [-0.15, -0.1) is 0 Å². The van der Waals surface area contributed by atoms with Crippen molar-refractivity contribution in [2.45, 2.75) is 54.1 Å². The van der Waals surface area contributed by atoms with Gasteiger partial charge in [0.15, 0.2) is 0 Å². The molecule has 0 aliphatic heterocycles. The van der Waals surface area contributed by atoms with Crippen LogP contribution in [-0.4, -0.2) is 19.0 Å². The Morgan fingerprint density at radius 1 is 0.686 bits per heavy atom. The fourth-order valence-electron chi connectivity index (χ4n) is 4.09. The van der Waals surface area contributed by atoms with Gasteiger partial charge in [0.1, 0.15) is 0 Å². The molecule has 0 spiro atoms. The monoisotopic (exact) mass is 3540 g/mol. The van der Waals surface area contributed by atoms with Crippen LogP contribution in [0.1, 0.15) is 48.0 Å². The van der Waals surface area contributed by atoms with Gasteiger partial charge in [-0.25, -0.2) is 0 Å². The molecular formula is C16H25OW18-. The van der Waals surface area contributed by atoms with Crippen LogP contribution in [0.2, 0.25) is 0 Å². The van der Waals surface area contributed by atoms with E-state index in [4.69, 9.17) is 0 Å². The predicted octanol–water partition coefficient (Wildman–Crippen LogP) is 2.68. The first-order chi connectivity index (χ1) is 8.51. The van der Waals surface area contributed by atoms with Crippen molar-refractivity contribution in [2.24, 2.45) is 28.6 Å². The minimum Gasteiger partial charge on any atom is 0 e. The second kappa shape index (κ2) is 44.1. The van der Waals surface area contributed by atoms with Crippen molar-refractivity contribution in [1.82, 2.24) is 0 Å². The second-order valence-electron chi connectivity index (χ2n) is 7.64. The molecule has 0 amide bonds. The first-order valence-electron chi connectivity index (χ1n) is 7.12. The van der Waals surface area contributed by atoms with E-state index in [1.807, 2.05) is 0 Å². The van der Waals surface area contributed by atoms with Gasteiger partial charge < -0.3 is 0 Å². The molecule has 1 N–H and O–H groups in total. The second-order valence-corrected chi connectivity index (χ2v) is 10.7. The van der Waals surface area contributed by atoms with Gasteiger partial charge in [-0.1, -0.05) is 0 Å². The van der Waals surface area contributed by atoms with Gasteiger partial charge in [0.25, 0.3) is 0 Å². The van der Waals surface area contributed by atoms with Crippen molar-refractivity contribution in [3.05, 3.63) is 5.92 Å². The van der Waals surface area contributed by atoms with Crippen LogP contribution in [-0.2, 0) is 376 Å². The molecular weight excluding hydrogens is 3520 g/mol. The summed E-state index contributed by atoms with van der Waals surface area (Å²) in [7, 11) is 0. The zero-order valence-electron chi connectivity index (χ0n) is 19.3. The first-order valence-corrected chi connectivity index (χ1v) is 10.1. The van der Waals surface area contributed by atoms with Crippen LogP contribution >= 0.6 is 0 Å². The Kier molecular flexibility index (Phi) is 122. The predicted molar refractivity (Wildman–Crippen MR) is 73.3 cm³/mol. The number of aliphatic hydroxyl groups is 1. The molecule has 3 unspecified atom stereocenters. The number of rotatable bonds is 0. The van der Waals surface area contributed by atoms with Gasteiger partial charge in [-0.3, -0.25) is 0 Å². The maximum absolute atomic E-state index is 10.8. The van der Waals surface area contributed by atoms with Gasteiger partial charge in [0.2, 0.25) is 0 Å². The summed E-state index contributed by atoms with van der Waals surface area (Å²) in [5.74, 6) is 3.18. The maximum atomic E-state index is 10.8. The molecule has 2 aliphatic rings. The Morgan fingerprint density at radius 3 is 1.26 bits per heavy atom. The molecule has 0 aromatic carbocycles. The fourth-order valence-corrected chi connectivity index (χ4v) is 7.33. The molecule has 0 aromatic rings. The van der Waals surface area contributed by atoms with E-state index in [9.17, 15) is 5.11 Å². The van der Waals surface area contributed by atoms with Crippen molar-refractivity contribution in [2.75, 3.05) is 0 Å². The summed E-state index contributed by atoms with van der Waals surface area (Å²) < 4.78 is 3.23. The Morgan fingerprint density at radius 2 is 0.971 bits per heavy atom. The molecule has 19 heteroatoms. The van der Waals surface area contributed by atoms with Gasteiger partial charge in [0.05, 0.1) is 0 Å². The van der Waals surface area contributed by atoms with Crippen LogP contribution in [0.3, 0.4) is 0 Å². The molecule has 0 bridgehead atoms. The van der Waals surface area contributed by atoms with Gasteiger partial charge in [-0.05, 0) is 0 Å². The van der Waals surface area contributed by atoms with Crippen molar-refractivity contribution >= 4 is 7.80 Å². The molecule has 2 aliphatic carbocycles. The topological polar surface area (TPSA) is 20.2 Å². The molecule has 0 heterocycles. The average molecular weight is 3540 g/mol. The molecule has 2 saturated carbocycles. The third-order valence-corrected chi connectivity index (χ3v) is 11.6. The first kappa shape index (κ1) is 97.1. The van der Waals surface area contributed by atoms with E-state index in [1.54, 1.807) is 46.5 Å². The standard InChI is InChI=1S/C16H25O.18W/c1-10-7-8-12-11(2)15(3,4)9-13(17)14(12)16(10,5)6;;;;;;;;;;;;;;;;;;/h11-14,17H,9H2,1-6H3;;;;;;;;;;;;;;;;;;/q-1;;;;;;;;;;;;;;;;;;/t11?,12?,13-,14?;;;;;;;;;;;;;;;;;;/m1................../s1. The number of hydrogen-bond acceptors (Lipinski definition) is 1. The van der Waals surface area contributed by atoms with E-state index in [1.165, 1.54) is 5.92 Å². The summed E-state index contributed by atoms with van der Waals surface area (Å²) in [5, 5.41) is 10.8. The van der Waals surface area contributed by atoms with Crippen molar-refractivity contribution in [1.29, 1.82) is 0 Å². The summed E-state index contributed by atoms with van der Waals surface area (Å²) in [6.07, 6.45) is 0.791. The van der Waals surface area contributed by atoms with Crippen molar-refractivity contribution < 1.29 is 381 Å². The van der Waals surface area contributed by atoms with Crippen molar-refractivity contribution in [3.63, 3.8) is 0 Å². The molecule has 1 nitrogen and oxygen atoms in total. The van der Waals surface area contributed by atoms with Crippen LogP contribution in [0.5, 0.6) is 0 Å².